The molecule has 2 N–H and O–H groups in total. The number of carbonyl (C=O) groups is 2. The Balaban J connectivity index is 1.79. The zero-order valence-electron chi connectivity index (χ0n) is 14.3. The highest BCUT2D eigenvalue weighted by Crippen LogP contribution is 2.19. The number of hydrogen-bond donors (Lipinski definition) is 2. The third-order valence-corrected chi connectivity index (χ3v) is 4.80. The molecule has 1 aliphatic rings. The second-order valence-corrected chi connectivity index (χ2v) is 6.94. The van der Waals surface area contributed by atoms with E-state index in [0.717, 1.165) is 38.2 Å². The monoisotopic (exact) mass is 396 g/mol. The van der Waals surface area contributed by atoms with Crippen LogP contribution >= 0.6 is 15.9 Å². The van der Waals surface area contributed by atoms with Crippen LogP contribution in [0.15, 0.2) is 16.7 Å². The Morgan fingerprint density at radius 2 is 2.00 bits per heavy atom. The fourth-order valence-corrected chi connectivity index (χ4v) is 3.24. The zero-order valence-corrected chi connectivity index (χ0v) is 15.9. The minimum absolute atomic E-state index is 0.0701. The number of anilines is 1. The summed E-state index contributed by atoms with van der Waals surface area (Å²) in [6.45, 7) is 7.11. The molecule has 0 unspecified atom stereocenters. The van der Waals surface area contributed by atoms with Crippen molar-refractivity contribution in [3.05, 3.63) is 22.4 Å². The van der Waals surface area contributed by atoms with Gasteiger partial charge < -0.3 is 15.5 Å². The van der Waals surface area contributed by atoms with Gasteiger partial charge >= 0.3 is 11.8 Å². The lowest BCUT2D eigenvalue weighted by atomic mass is 10.0. The molecule has 2 amide bonds. The summed E-state index contributed by atoms with van der Waals surface area (Å²) in [4.78, 5) is 30.7. The van der Waals surface area contributed by atoms with Crippen molar-refractivity contribution >= 4 is 33.4 Å². The van der Waals surface area contributed by atoms with Gasteiger partial charge in [-0.3, -0.25) is 9.59 Å². The average Bonchev–Trinajstić information content (AvgIpc) is 2.56. The van der Waals surface area contributed by atoms with Gasteiger partial charge in [0.05, 0.1) is 5.69 Å². The van der Waals surface area contributed by atoms with Crippen LogP contribution in [0.2, 0.25) is 0 Å². The van der Waals surface area contributed by atoms with Crippen molar-refractivity contribution in [2.75, 3.05) is 25.0 Å². The summed E-state index contributed by atoms with van der Waals surface area (Å²) < 4.78 is 0.521. The maximum atomic E-state index is 12.1. The van der Waals surface area contributed by atoms with Crippen LogP contribution in [0, 0.1) is 6.92 Å². The van der Waals surface area contributed by atoms with Crippen LogP contribution in [0.1, 0.15) is 38.3 Å². The molecular weight excluding hydrogens is 372 g/mol. The van der Waals surface area contributed by atoms with Gasteiger partial charge in [0.2, 0.25) is 0 Å². The summed E-state index contributed by atoms with van der Waals surface area (Å²) in [6.07, 6.45) is 4.18. The van der Waals surface area contributed by atoms with E-state index in [1.165, 1.54) is 12.8 Å². The van der Waals surface area contributed by atoms with E-state index in [4.69, 9.17) is 0 Å². The van der Waals surface area contributed by atoms with Gasteiger partial charge in [-0.25, -0.2) is 4.98 Å². The maximum Gasteiger partial charge on any atom is 0.313 e. The summed E-state index contributed by atoms with van der Waals surface area (Å²) >= 11 is 3.29. The van der Waals surface area contributed by atoms with Crippen molar-refractivity contribution in [2.24, 2.45) is 0 Å². The Morgan fingerprint density at radius 3 is 2.62 bits per heavy atom. The molecule has 0 atom stereocenters. The molecule has 2 rings (SSSR count). The van der Waals surface area contributed by atoms with Crippen LogP contribution in [-0.2, 0) is 9.59 Å². The molecule has 0 saturated carbocycles. The van der Waals surface area contributed by atoms with Crippen LogP contribution < -0.4 is 10.6 Å². The van der Waals surface area contributed by atoms with Crippen molar-refractivity contribution in [1.29, 1.82) is 0 Å². The second kappa shape index (κ2) is 9.13. The molecule has 1 saturated heterocycles. The van der Waals surface area contributed by atoms with Gasteiger partial charge in [0.1, 0.15) is 4.60 Å². The van der Waals surface area contributed by atoms with Crippen molar-refractivity contribution in [3.63, 3.8) is 0 Å². The van der Waals surface area contributed by atoms with Gasteiger partial charge in [-0.1, -0.05) is 13.3 Å². The Labute approximate surface area is 151 Å². The Bertz CT molecular complexity index is 586. The molecule has 0 aromatic carbocycles. The lowest BCUT2D eigenvalue weighted by molar-refractivity contribution is -0.136. The fourth-order valence-electron chi connectivity index (χ4n) is 2.73. The number of nitrogens with one attached hydrogen (secondary N) is 2. The van der Waals surface area contributed by atoms with Gasteiger partial charge in [-0.15, -0.1) is 0 Å². The van der Waals surface area contributed by atoms with E-state index in [0.29, 0.717) is 10.3 Å². The highest BCUT2D eigenvalue weighted by Gasteiger charge is 2.23. The largest absolute Gasteiger partial charge is 0.345 e. The summed E-state index contributed by atoms with van der Waals surface area (Å²) in [5.41, 5.74) is 1.33. The minimum Gasteiger partial charge on any atom is -0.345 e. The molecule has 1 aliphatic heterocycles. The first-order chi connectivity index (χ1) is 11.5. The summed E-state index contributed by atoms with van der Waals surface area (Å²) in [5.74, 6) is -1.25. The molecule has 1 fully saturated rings. The van der Waals surface area contributed by atoms with Crippen LogP contribution in [0.5, 0.6) is 0 Å². The first-order valence-corrected chi connectivity index (χ1v) is 9.26. The third-order valence-electron chi connectivity index (χ3n) is 4.19. The maximum absolute atomic E-state index is 12.1. The van der Waals surface area contributed by atoms with Gasteiger partial charge in [-0.05, 0) is 60.8 Å². The quantitative estimate of drug-likeness (QED) is 0.592. The molecule has 1 aromatic rings. The lowest BCUT2D eigenvalue weighted by Gasteiger charge is -2.32. The van der Waals surface area contributed by atoms with E-state index in [2.05, 4.69) is 43.4 Å². The third kappa shape index (κ3) is 5.56. The van der Waals surface area contributed by atoms with Gasteiger partial charge in [0.15, 0.2) is 0 Å². The standard InChI is InChI=1S/C17H25BrN4O2/c1-3-4-9-22-10-7-13(8-11-22)20-16(23)17(24)21-14-6-5-12(2)19-15(14)18/h5-6,13H,3-4,7-11H2,1-2H3,(H,20,23)(H,21,24). The Kier molecular flexibility index (Phi) is 7.17. The van der Waals surface area contributed by atoms with Crippen LogP contribution in [0.3, 0.4) is 0 Å². The van der Waals surface area contributed by atoms with E-state index in [1.54, 1.807) is 12.1 Å². The number of unbranched alkanes of at least 4 members (excludes halogenated alkanes) is 1. The smallest absolute Gasteiger partial charge is 0.313 e. The SMILES string of the molecule is CCCCN1CCC(NC(=O)C(=O)Nc2ccc(C)nc2Br)CC1. The predicted molar refractivity (Wildman–Crippen MR) is 97.8 cm³/mol. The number of pyridine rings is 1. The molecule has 132 valence electrons. The first kappa shape index (κ1) is 18.9. The first-order valence-electron chi connectivity index (χ1n) is 8.47. The molecule has 0 aliphatic carbocycles. The highest BCUT2D eigenvalue weighted by molar-refractivity contribution is 9.10. The number of amides is 2. The molecule has 6 nitrogen and oxygen atoms in total. The molecular formula is C17H25BrN4O2. The average molecular weight is 397 g/mol. The number of hydrogen-bond acceptors (Lipinski definition) is 4. The Hall–Kier alpha value is -1.47. The normalized spacial score (nSPS) is 16.0. The summed E-state index contributed by atoms with van der Waals surface area (Å²) in [5, 5.41) is 5.43. The number of piperidine rings is 1. The number of carbonyl (C=O) groups excluding carboxylic acids is 2. The van der Waals surface area contributed by atoms with Gasteiger partial charge in [-0.2, -0.15) is 0 Å². The van der Waals surface area contributed by atoms with E-state index in [-0.39, 0.29) is 6.04 Å². The van der Waals surface area contributed by atoms with Crippen molar-refractivity contribution in [1.82, 2.24) is 15.2 Å². The summed E-state index contributed by atoms with van der Waals surface area (Å²) in [7, 11) is 0. The van der Waals surface area contributed by atoms with Crippen molar-refractivity contribution in [2.45, 2.75) is 45.6 Å². The second-order valence-electron chi connectivity index (χ2n) is 6.19. The van der Waals surface area contributed by atoms with E-state index < -0.39 is 11.8 Å². The number of rotatable bonds is 5. The van der Waals surface area contributed by atoms with E-state index in [9.17, 15) is 9.59 Å². The minimum atomic E-state index is -0.658. The van der Waals surface area contributed by atoms with Gasteiger partial charge in [0, 0.05) is 24.8 Å². The number of nitrogens with zero attached hydrogens (tertiary/aromatic N) is 2. The predicted octanol–water partition coefficient (Wildman–Crippen LogP) is 2.47. The van der Waals surface area contributed by atoms with E-state index >= 15 is 0 Å². The van der Waals surface area contributed by atoms with Crippen molar-refractivity contribution < 1.29 is 9.59 Å². The molecule has 0 radical (unpaired) electrons. The number of aryl methyl sites for hydroxylation is 1. The lowest BCUT2D eigenvalue weighted by Crippen LogP contribution is -2.47. The number of likely N-dealkylation sites (tertiary alicyclic amines) is 1. The molecule has 24 heavy (non-hydrogen) atoms. The number of halogens is 1. The van der Waals surface area contributed by atoms with E-state index in [1.807, 2.05) is 6.92 Å². The molecule has 7 heteroatoms. The molecule has 1 aromatic heterocycles. The van der Waals surface area contributed by atoms with Crippen molar-refractivity contribution in [3.8, 4) is 0 Å². The highest BCUT2D eigenvalue weighted by atomic mass is 79.9. The summed E-state index contributed by atoms with van der Waals surface area (Å²) in [6, 6.07) is 3.58. The Morgan fingerprint density at radius 1 is 1.29 bits per heavy atom. The fraction of sp³-hybridized carbons (Fsp3) is 0.588. The van der Waals surface area contributed by atoms with Crippen LogP contribution in [0.25, 0.3) is 0 Å². The number of aromatic nitrogens is 1. The molecule has 2 heterocycles. The molecule has 0 spiro atoms. The molecule has 0 bridgehead atoms. The van der Waals surface area contributed by atoms with Crippen LogP contribution in [0.4, 0.5) is 5.69 Å². The topological polar surface area (TPSA) is 74.3 Å². The zero-order chi connectivity index (χ0) is 17.5. The van der Waals surface area contributed by atoms with Gasteiger partial charge in [0.25, 0.3) is 0 Å². The van der Waals surface area contributed by atoms with Crippen LogP contribution in [-0.4, -0.2) is 47.4 Å².